The maximum absolute atomic E-state index is 9.83. The number of benzene rings is 1. The summed E-state index contributed by atoms with van der Waals surface area (Å²) < 4.78 is 0. The fourth-order valence-corrected chi connectivity index (χ4v) is 2.05. The Hall–Kier alpha value is -1.24. The molecule has 2 rings (SSSR count). The quantitative estimate of drug-likeness (QED) is 0.660. The first-order chi connectivity index (χ1) is 6.53. The third kappa shape index (κ3) is 1.16. The van der Waals surface area contributed by atoms with Crippen molar-refractivity contribution in [3.8, 4) is 0 Å². The molecule has 0 saturated carbocycles. The number of hydrogen-bond donors (Lipinski definition) is 1. The molecule has 0 fully saturated rings. The van der Waals surface area contributed by atoms with E-state index in [4.69, 9.17) is 0 Å². The van der Waals surface area contributed by atoms with E-state index in [1.807, 2.05) is 24.3 Å². The fourth-order valence-electron chi connectivity index (χ4n) is 2.05. The average Bonchev–Trinajstić information content (AvgIpc) is 2.16. The van der Waals surface area contributed by atoms with Gasteiger partial charge in [0, 0.05) is 5.56 Å². The zero-order valence-electron chi connectivity index (χ0n) is 8.91. The Labute approximate surface area is 85.1 Å². The number of aliphatic hydroxyl groups is 1. The Morgan fingerprint density at radius 1 is 1.21 bits per heavy atom. The van der Waals surface area contributed by atoms with Crippen molar-refractivity contribution in [2.45, 2.75) is 26.2 Å². The van der Waals surface area contributed by atoms with Gasteiger partial charge in [0.25, 0.3) is 0 Å². The minimum Gasteiger partial charge on any atom is -0.508 e. The van der Waals surface area contributed by atoms with Crippen LogP contribution in [0.25, 0.3) is 5.76 Å². The second kappa shape index (κ2) is 2.88. The van der Waals surface area contributed by atoms with Gasteiger partial charge in [-0.2, -0.15) is 0 Å². The van der Waals surface area contributed by atoms with Gasteiger partial charge in [-0.15, -0.1) is 0 Å². The molecule has 0 bridgehead atoms. The Morgan fingerprint density at radius 2 is 1.86 bits per heavy atom. The summed E-state index contributed by atoms with van der Waals surface area (Å²) in [6.45, 7) is 6.59. The van der Waals surface area contributed by atoms with E-state index >= 15 is 0 Å². The minimum atomic E-state index is 0.114. The van der Waals surface area contributed by atoms with E-state index in [9.17, 15) is 5.11 Å². The van der Waals surface area contributed by atoms with Crippen LogP contribution in [0, 0.1) is 5.92 Å². The van der Waals surface area contributed by atoms with Gasteiger partial charge in [-0.05, 0) is 23.0 Å². The van der Waals surface area contributed by atoms with Crippen LogP contribution in [0.15, 0.2) is 30.3 Å². The maximum Gasteiger partial charge on any atom is 0.119 e. The smallest absolute Gasteiger partial charge is 0.119 e. The van der Waals surface area contributed by atoms with Crippen molar-refractivity contribution in [2.24, 2.45) is 5.92 Å². The predicted molar refractivity (Wildman–Crippen MR) is 59.2 cm³/mol. The van der Waals surface area contributed by atoms with Crippen LogP contribution in [0.4, 0.5) is 0 Å². The Bertz CT molecular complexity index is 388. The minimum absolute atomic E-state index is 0.114. The molecule has 1 N–H and O–H groups in total. The number of allylic oxidation sites excluding steroid dienone is 1. The van der Waals surface area contributed by atoms with E-state index in [0.29, 0.717) is 11.7 Å². The van der Waals surface area contributed by atoms with E-state index in [0.717, 1.165) is 5.56 Å². The standard InChI is InChI=1S/C13H16O/c1-9-8-12(14)10-6-4-5-7-11(10)13(9,2)3/h4-9,14H,1-3H3. The summed E-state index contributed by atoms with van der Waals surface area (Å²) in [7, 11) is 0. The van der Waals surface area contributed by atoms with E-state index in [-0.39, 0.29) is 5.41 Å². The molecule has 74 valence electrons. The Balaban J connectivity index is 2.67. The lowest BCUT2D eigenvalue weighted by Crippen LogP contribution is -2.29. The fraction of sp³-hybridized carbons (Fsp3) is 0.385. The summed E-state index contributed by atoms with van der Waals surface area (Å²) in [5.41, 5.74) is 2.34. The van der Waals surface area contributed by atoms with Crippen molar-refractivity contribution in [1.29, 1.82) is 0 Å². The highest BCUT2D eigenvalue weighted by molar-refractivity contribution is 5.66. The molecule has 0 radical (unpaired) electrons. The number of hydrogen-bond acceptors (Lipinski definition) is 1. The number of aliphatic hydroxyl groups excluding tert-OH is 1. The molecule has 0 aromatic heterocycles. The molecule has 1 nitrogen and oxygen atoms in total. The molecule has 0 saturated heterocycles. The summed E-state index contributed by atoms with van der Waals surface area (Å²) in [4.78, 5) is 0. The molecule has 14 heavy (non-hydrogen) atoms. The van der Waals surface area contributed by atoms with Gasteiger partial charge in [0.1, 0.15) is 5.76 Å². The Morgan fingerprint density at radius 3 is 2.57 bits per heavy atom. The van der Waals surface area contributed by atoms with Gasteiger partial charge in [-0.25, -0.2) is 0 Å². The van der Waals surface area contributed by atoms with Crippen LogP contribution in [0.1, 0.15) is 31.9 Å². The van der Waals surface area contributed by atoms with E-state index in [2.05, 4.69) is 26.8 Å². The lowest BCUT2D eigenvalue weighted by Gasteiger charge is -2.35. The van der Waals surface area contributed by atoms with Crippen molar-refractivity contribution in [3.63, 3.8) is 0 Å². The second-order valence-electron chi connectivity index (χ2n) is 4.61. The largest absolute Gasteiger partial charge is 0.508 e. The number of rotatable bonds is 0. The molecule has 1 aliphatic rings. The molecule has 1 aliphatic carbocycles. The molecule has 1 unspecified atom stereocenters. The van der Waals surface area contributed by atoms with Crippen LogP contribution in [0.5, 0.6) is 0 Å². The van der Waals surface area contributed by atoms with E-state index < -0.39 is 0 Å². The summed E-state index contributed by atoms with van der Waals surface area (Å²) in [5, 5.41) is 9.83. The highest BCUT2D eigenvalue weighted by Gasteiger charge is 2.33. The van der Waals surface area contributed by atoms with Crippen molar-refractivity contribution >= 4 is 5.76 Å². The lowest BCUT2D eigenvalue weighted by atomic mass is 9.69. The van der Waals surface area contributed by atoms with E-state index in [1.165, 1.54) is 5.56 Å². The Kier molecular flexibility index (Phi) is 1.91. The van der Waals surface area contributed by atoms with Gasteiger partial charge in [0.2, 0.25) is 0 Å². The van der Waals surface area contributed by atoms with Gasteiger partial charge in [0.15, 0.2) is 0 Å². The molecular weight excluding hydrogens is 172 g/mol. The third-order valence-corrected chi connectivity index (χ3v) is 3.44. The van der Waals surface area contributed by atoms with Gasteiger partial charge in [-0.3, -0.25) is 0 Å². The lowest BCUT2D eigenvalue weighted by molar-refractivity contribution is 0.384. The van der Waals surface area contributed by atoms with Crippen LogP contribution in [0.2, 0.25) is 0 Å². The molecular formula is C13H16O. The molecule has 0 aliphatic heterocycles. The molecule has 0 amide bonds. The van der Waals surface area contributed by atoms with Crippen LogP contribution in [-0.2, 0) is 5.41 Å². The van der Waals surface area contributed by atoms with Crippen LogP contribution in [0.3, 0.4) is 0 Å². The SMILES string of the molecule is CC1C=C(O)c2ccccc2C1(C)C. The average molecular weight is 188 g/mol. The monoisotopic (exact) mass is 188 g/mol. The molecule has 0 spiro atoms. The molecule has 1 heteroatoms. The summed E-state index contributed by atoms with van der Waals surface area (Å²) in [6, 6.07) is 8.09. The van der Waals surface area contributed by atoms with Crippen molar-refractivity contribution in [1.82, 2.24) is 0 Å². The van der Waals surface area contributed by atoms with Crippen molar-refractivity contribution < 1.29 is 5.11 Å². The summed E-state index contributed by atoms with van der Waals surface area (Å²) >= 11 is 0. The zero-order chi connectivity index (χ0) is 10.3. The maximum atomic E-state index is 9.83. The van der Waals surface area contributed by atoms with E-state index in [1.54, 1.807) is 0 Å². The second-order valence-corrected chi connectivity index (χ2v) is 4.61. The first kappa shape index (κ1) is 9.32. The van der Waals surface area contributed by atoms with Crippen LogP contribution in [-0.4, -0.2) is 5.11 Å². The summed E-state index contributed by atoms with van der Waals surface area (Å²) in [6.07, 6.45) is 1.95. The van der Waals surface area contributed by atoms with Gasteiger partial charge >= 0.3 is 0 Å². The molecule has 1 atom stereocenters. The highest BCUT2D eigenvalue weighted by atomic mass is 16.3. The summed E-state index contributed by atoms with van der Waals surface area (Å²) in [5.74, 6) is 0.796. The van der Waals surface area contributed by atoms with Gasteiger partial charge in [-0.1, -0.05) is 45.0 Å². The first-order valence-corrected chi connectivity index (χ1v) is 5.04. The highest BCUT2D eigenvalue weighted by Crippen LogP contribution is 2.41. The van der Waals surface area contributed by atoms with Gasteiger partial charge in [0.05, 0.1) is 0 Å². The van der Waals surface area contributed by atoms with Crippen molar-refractivity contribution in [2.75, 3.05) is 0 Å². The predicted octanol–water partition coefficient (Wildman–Crippen LogP) is 3.51. The van der Waals surface area contributed by atoms with Crippen molar-refractivity contribution in [3.05, 3.63) is 41.5 Å². The molecule has 1 aromatic rings. The van der Waals surface area contributed by atoms with Crippen LogP contribution >= 0.6 is 0 Å². The van der Waals surface area contributed by atoms with Crippen LogP contribution < -0.4 is 0 Å². The zero-order valence-corrected chi connectivity index (χ0v) is 8.91. The normalized spacial score (nSPS) is 23.9. The molecule has 1 aromatic carbocycles. The molecule has 0 heterocycles. The number of fused-ring (bicyclic) bond motifs is 1. The first-order valence-electron chi connectivity index (χ1n) is 5.04. The third-order valence-electron chi connectivity index (χ3n) is 3.44. The van der Waals surface area contributed by atoms with Gasteiger partial charge < -0.3 is 5.11 Å². The topological polar surface area (TPSA) is 20.2 Å².